The van der Waals surface area contributed by atoms with Crippen molar-refractivity contribution in [3.63, 3.8) is 0 Å². The summed E-state index contributed by atoms with van der Waals surface area (Å²) in [5, 5.41) is 7.72. The van der Waals surface area contributed by atoms with Gasteiger partial charge in [-0.25, -0.2) is 4.98 Å². The Labute approximate surface area is 97.5 Å². The van der Waals surface area contributed by atoms with Gasteiger partial charge in [-0.1, -0.05) is 19.3 Å². The number of nitrogens with zero attached hydrogens (tertiary/aromatic N) is 3. The highest BCUT2D eigenvalue weighted by atomic mass is 15.3. The number of rotatable bonds is 5. The van der Waals surface area contributed by atoms with Crippen molar-refractivity contribution in [2.75, 3.05) is 6.54 Å². The number of aromatic nitrogens is 3. The van der Waals surface area contributed by atoms with E-state index in [4.69, 9.17) is 0 Å². The van der Waals surface area contributed by atoms with Crippen molar-refractivity contribution in [2.24, 2.45) is 5.92 Å². The lowest BCUT2D eigenvalue weighted by molar-refractivity contribution is 0.320. The Balaban J connectivity index is 1.65. The molecule has 0 saturated heterocycles. The van der Waals surface area contributed by atoms with E-state index in [0.29, 0.717) is 6.04 Å². The van der Waals surface area contributed by atoms with Crippen LogP contribution in [0.15, 0.2) is 12.7 Å². The van der Waals surface area contributed by atoms with Crippen LogP contribution >= 0.6 is 0 Å². The van der Waals surface area contributed by atoms with Gasteiger partial charge in [-0.05, 0) is 32.2 Å². The summed E-state index contributed by atoms with van der Waals surface area (Å²) in [6.07, 6.45) is 10.5. The highest BCUT2D eigenvalue weighted by molar-refractivity contribution is 4.71. The molecule has 16 heavy (non-hydrogen) atoms. The van der Waals surface area contributed by atoms with Crippen molar-refractivity contribution >= 4 is 0 Å². The zero-order chi connectivity index (χ0) is 11.2. The Morgan fingerprint density at radius 3 is 2.88 bits per heavy atom. The van der Waals surface area contributed by atoms with E-state index >= 15 is 0 Å². The number of nitrogens with one attached hydrogen (secondary N) is 1. The maximum atomic E-state index is 4.12. The van der Waals surface area contributed by atoms with Gasteiger partial charge in [0, 0.05) is 6.04 Å². The SMILES string of the molecule is CC(Cn1cncn1)NCC1CCCCC1. The van der Waals surface area contributed by atoms with Crippen LogP contribution in [0, 0.1) is 5.92 Å². The number of hydrogen-bond acceptors (Lipinski definition) is 3. The zero-order valence-electron chi connectivity index (χ0n) is 10.1. The third-order valence-electron chi connectivity index (χ3n) is 3.41. The Morgan fingerprint density at radius 2 is 2.19 bits per heavy atom. The number of hydrogen-bond donors (Lipinski definition) is 1. The van der Waals surface area contributed by atoms with Gasteiger partial charge >= 0.3 is 0 Å². The third kappa shape index (κ3) is 3.59. The molecule has 1 N–H and O–H groups in total. The van der Waals surface area contributed by atoms with Gasteiger partial charge in [0.25, 0.3) is 0 Å². The van der Waals surface area contributed by atoms with E-state index < -0.39 is 0 Å². The van der Waals surface area contributed by atoms with Crippen LogP contribution in [-0.2, 0) is 6.54 Å². The van der Waals surface area contributed by atoms with E-state index in [0.717, 1.165) is 19.0 Å². The quantitative estimate of drug-likeness (QED) is 0.826. The molecule has 1 aromatic rings. The molecule has 1 aliphatic rings. The lowest BCUT2D eigenvalue weighted by atomic mass is 9.89. The highest BCUT2D eigenvalue weighted by Gasteiger charge is 2.14. The van der Waals surface area contributed by atoms with Crippen molar-refractivity contribution in [2.45, 2.75) is 51.6 Å². The molecular weight excluding hydrogens is 200 g/mol. The average molecular weight is 222 g/mol. The molecule has 1 unspecified atom stereocenters. The molecule has 1 heterocycles. The summed E-state index contributed by atoms with van der Waals surface area (Å²) in [6, 6.07) is 0.476. The van der Waals surface area contributed by atoms with Crippen LogP contribution in [0.2, 0.25) is 0 Å². The average Bonchev–Trinajstić information content (AvgIpc) is 2.81. The van der Waals surface area contributed by atoms with Crippen molar-refractivity contribution < 1.29 is 0 Å². The van der Waals surface area contributed by atoms with Crippen molar-refractivity contribution in [3.8, 4) is 0 Å². The lowest BCUT2D eigenvalue weighted by Gasteiger charge is -2.24. The lowest BCUT2D eigenvalue weighted by Crippen LogP contribution is -2.35. The molecular formula is C12H22N4. The zero-order valence-corrected chi connectivity index (χ0v) is 10.1. The Kier molecular flexibility index (Phi) is 4.34. The first-order chi connectivity index (χ1) is 7.84. The van der Waals surface area contributed by atoms with Gasteiger partial charge in [0.1, 0.15) is 12.7 Å². The van der Waals surface area contributed by atoms with Gasteiger partial charge in [-0.2, -0.15) is 5.10 Å². The molecule has 1 fully saturated rings. The second-order valence-electron chi connectivity index (χ2n) is 4.93. The van der Waals surface area contributed by atoms with Crippen molar-refractivity contribution in [1.82, 2.24) is 20.1 Å². The fourth-order valence-electron chi connectivity index (χ4n) is 2.43. The standard InChI is InChI=1S/C12H22N4/c1-11(8-16-10-13-9-15-16)14-7-12-5-3-2-4-6-12/h9-12,14H,2-8H2,1H3. The normalized spacial score (nSPS) is 19.8. The van der Waals surface area contributed by atoms with E-state index in [1.54, 1.807) is 12.7 Å². The summed E-state index contributed by atoms with van der Waals surface area (Å²) >= 11 is 0. The van der Waals surface area contributed by atoms with E-state index in [2.05, 4.69) is 22.3 Å². The maximum absolute atomic E-state index is 4.12. The van der Waals surface area contributed by atoms with Crippen molar-refractivity contribution in [3.05, 3.63) is 12.7 Å². The fraction of sp³-hybridized carbons (Fsp3) is 0.833. The fourth-order valence-corrected chi connectivity index (χ4v) is 2.43. The summed E-state index contributed by atoms with van der Waals surface area (Å²) in [7, 11) is 0. The first kappa shape index (κ1) is 11.6. The Bertz CT molecular complexity index is 277. The molecule has 0 aliphatic heterocycles. The Morgan fingerprint density at radius 1 is 1.38 bits per heavy atom. The summed E-state index contributed by atoms with van der Waals surface area (Å²) in [5.41, 5.74) is 0. The van der Waals surface area contributed by atoms with Gasteiger partial charge < -0.3 is 5.32 Å². The molecule has 1 aromatic heterocycles. The summed E-state index contributed by atoms with van der Waals surface area (Å²) in [5.74, 6) is 0.895. The maximum Gasteiger partial charge on any atom is 0.137 e. The minimum Gasteiger partial charge on any atom is -0.312 e. The minimum atomic E-state index is 0.476. The van der Waals surface area contributed by atoms with Gasteiger partial charge in [-0.3, -0.25) is 4.68 Å². The summed E-state index contributed by atoms with van der Waals surface area (Å²) in [4.78, 5) is 3.95. The molecule has 2 rings (SSSR count). The third-order valence-corrected chi connectivity index (χ3v) is 3.41. The van der Waals surface area contributed by atoms with E-state index in [-0.39, 0.29) is 0 Å². The van der Waals surface area contributed by atoms with Crippen LogP contribution in [0.25, 0.3) is 0 Å². The first-order valence-corrected chi connectivity index (χ1v) is 6.40. The van der Waals surface area contributed by atoms with E-state index in [1.807, 2.05) is 4.68 Å². The summed E-state index contributed by atoms with van der Waals surface area (Å²) < 4.78 is 1.89. The molecule has 0 amide bonds. The van der Waals surface area contributed by atoms with Crippen LogP contribution < -0.4 is 5.32 Å². The molecule has 1 atom stereocenters. The van der Waals surface area contributed by atoms with Crippen LogP contribution in [0.3, 0.4) is 0 Å². The molecule has 0 spiro atoms. The van der Waals surface area contributed by atoms with Gasteiger partial charge in [0.2, 0.25) is 0 Å². The van der Waals surface area contributed by atoms with Crippen LogP contribution in [0.4, 0.5) is 0 Å². The highest BCUT2D eigenvalue weighted by Crippen LogP contribution is 2.22. The second-order valence-corrected chi connectivity index (χ2v) is 4.93. The van der Waals surface area contributed by atoms with Gasteiger partial charge in [-0.15, -0.1) is 0 Å². The predicted molar refractivity (Wildman–Crippen MR) is 64.1 cm³/mol. The minimum absolute atomic E-state index is 0.476. The van der Waals surface area contributed by atoms with Crippen molar-refractivity contribution in [1.29, 1.82) is 0 Å². The van der Waals surface area contributed by atoms with E-state index in [1.165, 1.54) is 32.1 Å². The molecule has 0 bridgehead atoms. The largest absolute Gasteiger partial charge is 0.312 e. The van der Waals surface area contributed by atoms with Gasteiger partial charge in [0.15, 0.2) is 0 Å². The topological polar surface area (TPSA) is 42.7 Å². The monoisotopic (exact) mass is 222 g/mol. The molecule has 1 aliphatic carbocycles. The summed E-state index contributed by atoms with van der Waals surface area (Å²) in [6.45, 7) is 4.28. The molecule has 4 heteroatoms. The molecule has 90 valence electrons. The first-order valence-electron chi connectivity index (χ1n) is 6.40. The molecule has 0 aromatic carbocycles. The van der Waals surface area contributed by atoms with Crippen LogP contribution in [0.1, 0.15) is 39.0 Å². The van der Waals surface area contributed by atoms with E-state index in [9.17, 15) is 0 Å². The predicted octanol–water partition coefficient (Wildman–Crippen LogP) is 1.84. The van der Waals surface area contributed by atoms with Crippen LogP contribution in [0.5, 0.6) is 0 Å². The van der Waals surface area contributed by atoms with Gasteiger partial charge in [0.05, 0.1) is 6.54 Å². The van der Waals surface area contributed by atoms with Crippen LogP contribution in [-0.4, -0.2) is 27.4 Å². The Hall–Kier alpha value is -0.900. The molecule has 1 saturated carbocycles. The molecule has 0 radical (unpaired) electrons. The second kappa shape index (κ2) is 5.99. The molecule has 4 nitrogen and oxygen atoms in total. The smallest absolute Gasteiger partial charge is 0.137 e.